The van der Waals surface area contributed by atoms with Crippen LogP contribution < -0.4 is 5.32 Å². The van der Waals surface area contributed by atoms with E-state index in [-0.39, 0.29) is 24.1 Å². The first-order valence-electron chi connectivity index (χ1n) is 5.95. The number of hydrogen-bond acceptors (Lipinski definition) is 3. The first kappa shape index (κ1) is 14.2. The van der Waals surface area contributed by atoms with Crippen LogP contribution in [0.5, 0.6) is 0 Å². The van der Waals surface area contributed by atoms with Gasteiger partial charge in [0.1, 0.15) is 6.42 Å². The van der Waals surface area contributed by atoms with E-state index in [1.54, 1.807) is 15.9 Å². The zero-order chi connectivity index (χ0) is 13.5. The Balaban J connectivity index is 2.33. The van der Waals surface area contributed by atoms with Gasteiger partial charge in [-0.05, 0) is 0 Å². The van der Waals surface area contributed by atoms with Crippen LogP contribution in [0.1, 0.15) is 13.3 Å². The van der Waals surface area contributed by atoms with Gasteiger partial charge in [0.05, 0.1) is 0 Å². The summed E-state index contributed by atoms with van der Waals surface area (Å²) in [4.78, 5) is 37.6. The van der Waals surface area contributed by atoms with Gasteiger partial charge in [0.2, 0.25) is 17.7 Å². The Morgan fingerprint density at radius 1 is 1.17 bits per heavy atom. The SMILES string of the molecule is C=CCNC(=O)CC(=O)N1CCN(C(C)=O)CC1. The fourth-order valence-corrected chi connectivity index (χ4v) is 1.77. The number of carbonyl (C=O) groups excluding carboxylic acids is 3. The predicted octanol–water partition coefficient (Wildman–Crippen LogP) is -0.631. The van der Waals surface area contributed by atoms with Gasteiger partial charge in [0.25, 0.3) is 0 Å². The van der Waals surface area contributed by atoms with Gasteiger partial charge in [0, 0.05) is 39.6 Å². The van der Waals surface area contributed by atoms with Crippen LogP contribution in [0.4, 0.5) is 0 Å². The third kappa shape index (κ3) is 4.20. The minimum absolute atomic E-state index is 0.0193. The second-order valence-electron chi connectivity index (χ2n) is 4.16. The number of nitrogens with zero attached hydrogens (tertiary/aromatic N) is 2. The van der Waals surface area contributed by atoms with Crippen molar-refractivity contribution in [3.8, 4) is 0 Å². The molecule has 1 heterocycles. The molecule has 3 amide bonds. The van der Waals surface area contributed by atoms with Crippen LogP contribution in [0.25, 0.3) is 0 Å². The van der Waals surface area contributed by atoms with Gasteiger partial charge in [-0.15, -0.1) is 6.58 Å². The first-order chi connectivity index (χ1) is 8.54. The third-order valence-electron chi connectivity index (χ3n) is 2.83. The maximum atomic E-state index is 11.8. The first-order valence-corrected chi connectivity index (χ1v) is 5.95. The number of hydrogen-bond donors (Lipinski definition) is 1. The molecule has 0 unspecified atom stereocenters. The molecule has 0 bridgehead atoms. The van der Waals surface area contributed by atoms with E-state index in [9.17, 15) is 14.4 Å². The fourth-order valence-electron chi connectivity index (χ4n) is 1.77. The molecule has 100 valence electrons. The maximum absolute atomic E-state index is 11.8. The molecule has 6 heteroatoms. The van der Waals surface area contributed by atoms with Crippen molar-refractivity contribution >= 4 is 17.7 Å². The molecule has 0 aliphatic carbocycles. The van der Waals surface area contributed by atoms with Crippen LogP contribution in [-0.4, -0.2) is 60.2 Å². The molecule has 0 aromatic heterocycles. The van der Waals surface area contributed by atoms with E-state index in [0.29, 0.717) is 32.7 Å². The lowest BCUT2D eigenvalue weighted by molar-refractivity contribution is -0.141. The summed E-state index contributed by atoms with van der Waals surface area (Å²) in [6.45, 7) is 7.42. The number of rotatable bonds is 4. The van der Waals surface area contributed by atoms with Gasteiger partial charge in [-0.2, -0.15) is 0 Å². The Labute approximate surface area is 107 Å². The van der Waals surface area contributed by atoms with Gasteiger partial charge in [-0.1, -0.05) is 6.08 Å². The van der Waals surface area contributed by atoms with Crippen molar-refractivity contribution in [1.29, 1.82) is 0 Å². The number of amides is 3. The molecule has 0 saturated carbocycles. The van der Waals surface area contributed by atoms with Crippen LogP contribution >= 0.6 is 0 Å². The maximum Gasteiger partial charge on any atom is 0.232 e. The molecular weight excluding hydrogens is 234 g/mol. The summed E-state index contributed by atoms with van der Waals surface area (Å²) in [7, 11) is 0. The van der Waals surface area contributed by atoms with Crippen molar-refractivity contribution in [2.45, 2.75) is 13.3 Å². The number of piperazine rings is 1. The molecular formula is C12H19N3O3. The van der Waals surface area contributed by atoms with Gasteiger partial charge < -0.3 is 15.1 Å². The third-order valence-corrected chi connectivity index (χ3v) is 2.83. The Kier molecular flexibility index (Phi) is 5.35. The Bertz CT molecular complexity index is 346. The standard InChI is InChI=1S/C12H19N3O3/c1-3-4-13-11(17)9-12(18)15-7-5-14(6-8-15)10(2)16/h3H,1,4-9H2,2H3,(H,13,17). The molecule has 1 rings (SSSR count). The molecule has 1 fully saturated rings. The lowest BCUT2D eigenvalue weighted by Crippen LogP contribution is -2.50. The lowest BCUT2D eigenvalue weighted by atomic mass is 10.2. The smallest absolute Gasteiger partial charge is 0.232 e. The summed E-state index contributed by atoms with van der Waals surface area (Å²) < 4.78 is 0. The second-order valence-corrected chi connectivity index (χ2v) is 4.16. The topological polar surface area (TPSA) is 69.7 Å². The Morgan fingerprint density at radius 2 is 1.72 bits per heavy atom. The van der Waals surface area contributed by atoms with Crippen LogP contribution in [0.2, 0.25) is 0 Å². The monoisotopic (exact) mass is 253 g/mol. The minimum Gasteiger partial charge on any atom is -0.352 e. The molecule has 0 radical (unpaired) electrons. The van der Waals surface area contributed by atoms with Crippen LogP contribution in [0.15, 0.2) is 12.7 Å². The van der Waals surface area contributed by atoms with Crippen molar-refractivity contribution in [3.63, 3.8) is 0 Å². The summed E-state index contributed by atoms with van der Waals surface area (Å²) in [5, 5.41) is 2.56. The van der Waals surface area contributed by atoms with E-state index in [4.69, 9.17) is 0 Å². The molecule has 6 nitrogen and oxygen atoms in total. The van der Waals surface area contributed by atoms with Crippen LogP contribution in [-0.2, 0) is 14.4 Å². The van der Waals surface area contributed by atoms with Crippen molar-refractivity contribution in [1.82, 2.24) is 15.1 Å². The molecule has 1 aliphatic rings. The average Bonchev–Trinajstić information content (AvgIpc) is 2.36. The summed E-state index contributed by atoms with van der Waals surface area (Å²) in [6.07, 6.45) is 1.42. The van der Waals surface area contributed by atoms with E-state index >= 15 is 0 Å². The van der Waals surface area contributed by atoms with Gasteiger partial charge in [0.15, 0.2) is 0 Å². The summed E-state index contributed by atoms with van der Waals surface area (Å²) in [5.74, 6) is -0.473. The number of nitrogens with one attached hydrogen (secondary N) is 1. The molecule has 0 aromatic rings. The Morgan fingerprint density at radius 3 is 2.22 bits per heavy atom. The highest BCUT2D eigenvalue weighted by atomic mass is 16.2. The molecule has 1 N–H and O–H groups in total. The second kappa shape index (κ2) is 6.78. The van der Waals surface area contributed by atoms with Crippen LogP contribution in [0.3, 0.4) is 0 Å². The zero-order valence-corrected chi connectivity index (χ0v) is 10.6. The van der Waals surface area contributed by atoms with E-state index in [1.807, 2.05) is 0 Å². The van der Waals surface area contributed by atoms with E-state index < -0.39 is 0 Å². The molecule has 18 heavy (non-hydrogen) atoms. The van der Waals surface area contributed by atoms with Crippen molar-refractivity contribution in [2.75, 3.05) is 32.7 Å². The predicted molar refractivity (Wildman–Crippen MR) is 66.7 cm³/mol. The number of carbonyl (C=O) groups is 3. The van der Waals surface area contributed by atoms with E-state index in [1.165, 1.54) is 6.92 Å². The zero-order valence-electron chi connectivity index (χ0n) is 10.6. The van der Waals surface area contributed by atoms with Crippen molar-refractivity contribution in [2.24, 2.45) is 0 Å². The van der Waals surface area contributed by atoms with Gasteiger partial charge in [-0.25, -0.2) is 0 Å². The fraction of sp³-hybridized carbons (Fsp3) is 0.583. The highest BCUT2D eigenvalue weighted by molar-refractivity contribution is 5.97. The average molecular weight is 253 g/mol. The molecule has 1 saturated heterocycles. The lowest BCUT2D eigenvalue weighted by Gasteiger charge is -2.34. The highest BCUT2D eigenvalue weighted by Gasteiger charge is 2.23. The summed E-state index contributed by atoms with van der Waals surface area (Å²) in [5.41, 5.74) is 0. The minimum atomic E-state index is -0.297. The largest absolute Gasteiger partial charge is 0.352 e. The Hall–Kier alpha value is -1.85. The van der Waals surface area contributed by atoms with Crippen molar-refractivity contribution < 1.29 is 14.4 Å². The normalized spacial score (nSPS) is 15.2. The molecule has 1 aliphatic heterocycles. The van der Waals surface area contributed by atoms with E-state index in [0.717, 1.165) is 0 Å². The van der Waals surface area contributed by atoms with E-state index in [2.05, 4.69) is 11.9 Å². The molecule has 0 aromatic carbocycles. The quantitative estimate of drug-likeness (QED) is 0.535. The highest BCUT2D eigenvalue weighted by Crippen LogP contribution is 2.04. The summed E-state index contributed by atoms with van der Waals surface area (Å²) >= 11 is 0. The van der Waals surface area contributed by atoms with Gasteiger partial charge in [-0.3, -0.25) is 14.4 Å². The van der Waals surface area contributed by atoms with Crippen molar-refractivity contribution in [3.05, 3.63) is 12.7 Å². The molecule has 0 atom stereocenters. The summed E-state index contributed by atoms with van der Waals surface area (Å²) in [6, 6.07) is 0. The molecule has 0 spiro atoms. The van der Waals surface area contributed by atoms with Gasteiger partial charge >= 0.3 is 0 Å². The van der Waals surface area contributed by atoms with Crippen LogP contribution in [0, 0.1) is 0 Å².